The molecule has 28 heavy (non-hydrogen) atoms. The Morgan fingerprint density at radius 1 is 1.21 bits per heavy atom. The average Bonchev–Trinajstić information content (AvgIpc) is 3.02. The smallest absolute Gasteiger partial charge is 0.253 e. The third-order valence-corrected chi connectivity index (χ3v) is 5.96. The lowest BCUT2D eigenvalue weighted by Gasteiger charge is -2.09. The van der Waals surface area contributed by atoms with Crippen LogP contribution in [0.2, 0.25) is 0 Å². The second-order valence-electron chi connectivity index (χ2n) is 6.20. The zero-order valence-electron chi connectivity index (χ0n) is 15.8. The van der Waals surface area contributed by atoms with Crippen LogP contribution in [-0.4, -0.2) is 41.8 Å². The Morgan fingerprint density at radius 3 is 2.50 bits per heavy atom. The van der Waals surface area contributed by atoms with Gasteiger partial charge in [-0.2, -0.15) is 5.10 Å². The highest BCUT2D eigenvalue weighted by Crippen LogP contribution is 2.19. The number of aryl methyl sites for hydroxylation is 2. The second kappa shape index (κ2) is 7.95. The fourth-order valence-corrected chi connectivity index (χ4v) is 4.21. The van der Waals surface area contributed by atoms with Crippen LogP contribution in [0.1, 0.15) is 11.4 Å². The predicted molar refractivity (Wildman–Crippen MR) is 104 cm³/mol. The van der Waals surface area contributed by atoms with Gasteiger partial charge in [0, 0.05) is 24.7 Å². The molecule has 0 saturated heterocycles. The van der Waals surface area contributed by atoms with E-state index < -0.39 is 10.0 Å². The maximum absolute atomic E-state index is 12.4. The van der Waals surface area contributed by atoms with Gasteiger partial charge in [-0.3, -0.25) is 14.5 Å². The Kier molecular flexibility index (Phi) is 5.61. The first-order valence-corrected chi connectivity index (χ1v) is 10.0. The number of aromatic amines is 1. The van der Waals surface area contributed by atoms with Gasteiger partial charge in [0.05, 0.1) is 30.5 Å². The molecule has 0 fully saturated rings. The first-order valence-electron chi connectivity index (χ1n) is 8.54. The van der Waals surface area contributed by atoms with Crippen LogP contribution >= 0.6 is 0 Å². The molecule has 0 bridgehead atoms. The number of sulfonamides is 1. The molecule has 0 amide bonds. The molecule has 0 unspecified atom stereocenters. The topological polar surface area (TPSA) is 119 Å². The number of ether oxygens (including phenoxy) is 1. The second-order valence-corrected chi connectivity index (χ2v) is 7.90. The lowest BCUT2D eigenvalue weighted by Crippen LogP contribution is -2.31. The van der Waals surface area contributed by atoms with Crippen LogP contribution in [-0.2, 0) is 16.6 Å². The molecule has 2 heterocycles. The summed E-state index contributed by atoms with van der Waals surface area (Å²) in [5.74, 6) is 0.715. The number of hydrogen-bond acceptors (Lipinski definition) is 6. The van der Waals surface area contributed by atoms with Crippen LogP contribution in [0.4, 0.5) is 0 Å². The average molecular weight is 403 g/mol. The van der Waals surface area contributed by atoms with Crippen molar-refractivity contribution in [2.75, 3.05) is 13.7 Å². The summed E-state index contributed by atoms with van der Waals surface area (Å²) >= 11 is 0. The Balaban J connectivity index is 1.69. The molecular weight excluding hydrogens is 382 g/mol. The van der Waals surface area contributed by atoms with Gasteiger partial charge in [-0.1, -0.05) is 0 Å². The molecule has 0 atom stereocenters. The molecule has 0 saturated carbocycles. The Labute approximate surface area is 162 Å². The molecule has 148 valence electrons. The predicted octanol–water partition coefficient (Wildman–Crippen LogP) is 1.24. The molecule has 0 aliphatic heterocycles. The van der Waals surface area contributed by atoms with Gasteiger partial charge in [0.2, 0.25) is 10.0 Å². The normalized spacial score (nSPS) is 11.5. The van der Waals surface area contributed by atoms with Gasteiger partial charge in [-0.05, 0) is 38.1 Å². The number of H-pyrrole nitrogens is 1. The van der Waals surface area contributed by atoms with E-state index in [1.165, 1.54) is 17.0 Å². The van der Waals surface area contributed by atoms with E-state index in [4.69, 9.17) is 4.74 Å². The van der Waals surface area contributed by atoms with Gasteiger partial charge in [0.25, 0.3) is 5.56 Å². The third kappa shape index (κ3) is 4.12. The monoisotopic (exact) mass is 403 g/mol. The SMILES string of the molecule is COc1ccc(-c2cc(=O)n(CCNS(=O)(=O)c3c(C)n[nH]c3C)cn2)cc1. The molecule has 0 radical (unpaired) electrons. The maximum Gasteiger partial charge on any atom is 0.253 e. The van der Waals surface area contributed by atoms with E-state index >= 15 is 0 Å². The van der Waals surface area contributed by atoms with E-state index in [2.05, 4.69) is 19.9 Å². The first-order chi connectivity index (χ1) is 13.3. The molecule has 0 aliphatic rings. The summed E-state index contributed by atoms with van der Waals surface area (Å²) in [4.78, 5) is 16.8. The Morgan fingerprint density at radius 2 is 1.93 bits per heavy atom. The molecule has 9 nitrogen and oxygen atoms in total. The standard InChI is InChI=1S/C18H21N5O4S/c1-12-18(13(2)22-21-12)28(25,26)20-8-9-23-11-19-16(10-17(23)24)14-4-6-15(27-3)7-5-14/h4-7,10-11,20H,8-9H2,1-3H3,(H,21,22). The summed E-state index contributed by atoms with van der Waals surface area (Å²) in [5.41, 5.74) is 1.92. The van der Waals surface area contributed by atoms with E-state index in [1.807, 2.05) is 12.1 Å². The van der Waals surface area contributed by atoms with Crippen LogP contribution in [0.3, 0.4) is 0 Å². The minimum atomic E-state index is -3.71. The van der Waals surface area contributed by atoms with Crippen molar-refractivity contribution in [3.63, 3.8) is 0 Å². The molecule has 10 heteroatoms. The van der Waals surface area contributed by atoms with Crippen molar-refractivity contribution in [1.82, 2.24) is 24.5 Å². The zero-order chi connectivity index (χ0) is 20.3. The molecule has 3 rings (SSSR count). The largest absolute Gasteiger partial charge is 0.497 e. The van der Waals surface area contributed by atoms with Crippen LogP contribution in [0.25, 0.3) is 11.3 Å². The van der Waals surface area contributed by atoms with E-state index in [1.54, 1.807) is 33.1 Å². The maximum atomic E-state index is 12.4. The quantitative estimate of drug-likeness (QED) is 0.613. The zero-order valence-corrected chi connectivity index (χ0v) is 16.6. The van der Waals surface area contributed by atoms with Crippen LogP contribution < -0.4 is 15.0 Å². The molecule has 1 aromatic carbocycles. The van der Waals surface area contributed by atoms with Crippen molar-refractivity contribution in [2.45, 2.75) is 25.3 Å². The lowest BCUT2D eigenvalue weighted by atomic mass is 10.1. The lowest BCUT2D eigenvalue weighted by molar-refractivity contribution is 0.415. The van der Waals surface area contributed by atoms with Gasteiger partial charge < -0.3 is 4.74 Å². The van der Waals surface area contributed by atoms with Gasteiger partial charge in [-0.25, -0.2) is 18.1 Å². The van der Waals surface area contributed by atoms with Crippen molar-refractivity contribution in [2.24, 2.45) is 0 Å². The highest BCUT2D eigenvalue weighted by Gasteiger charge is 2.21. The minimum Gasteiger partial charge on any atom is -0.497 e. The summed E-state index contributed by atoms with van der Waals surface area (Å²) in [7, 11) is -2.13. The molecule has 3 aromatic rings. The summed E-state index contributed by atoms with van der Waals surface area (Å²) in [6.07, 6.45) is 1.41. The van der Waals surface area contributed by atoms with Crippen molar-refractivity contribution < 1.29 is 13.2 Å². The van der Waals surface area contributed by atoms with Gasteiger partial charge >= 0.3 is 0 Å². The summed E-state index contributed by atoms with van der Waals surface area (Å²) in [6, 6.07) is 8.62. The van der Waals surface area contributed by atoms with Crippen molar-refractivity contribution >= 4 is 10.0 Å². The summed E-state index contributed by atoms with van der Waals surface area (Å²) in [5, 5.41) is 6.54. The number of benzene rings is 1. The highest BCUT2D eigenvalue weighted by molar-refractivity contribution is 7.89. The van der Waals surface area contributed by atoms with Crippen molar-refractivity contribution in [1.29, 1.82) is 0 Å². The molecular formula is C18H21N5O4S. The molecule has 2 aromatic heterocycles. The Bertz CT molecular complexity index is 1110. The fourth-order valence-electron chi connectivity index (χ4n) is 2.82. The number of aromatic nitrogens is 4. The van der Waals surface area contributed by atoms with Gasteiger partial charge in [0.1, 0.15) is 10.6 Å². The van der Waals surface area contributed by atoms with Crippen LogP contribution in [0.15, 0.2) is 46.3 Å². The highest BCUT2D eigenvalue weighted by atomic mass is 32.2. The van der Waals surface area contributed by atoms with E-state index in [0.29, 0.717) is 22.8 Å². The molecule has 2 N–H and O–H groups in total. The first kappa shape index (κ1) is 19.8. The van der Waals surface area contributed by atoms with E-state index in [9.17, 15) is 13.2 Å². The number of nitrogens with zero attached hydrogens (tertiary/aromatic N) is 3. The van der Waals surface area contributed by atoms with Gasteiger partial charge in [0.15, 0.2) is 0 Å². The Hall–Kier alpha value is -2.98. The number of rotatable bonds is 7. The molecule has 0 spiro atoms. The minimum absolute atomic E-state index is 0.0515. The number of hydrogen-bond donors (Lipinski definition) is 2. The van der Waals surface area contributed by atoms with E-state index in [0.717, 1.165) is 5.56 Å². The fraction of sp³-hybridized carbons (Fsp3) is 0.278. The van der Waals surface area contributed by atoms with Crippen molar-refractivity contribution in [3.05, 3.63) is 58.4 Å². The van der Waals surface area contributed by atoms with Crippen molar-refractivity contribution in [3.8, 4) is 17.0 Å². The van der Waals surface area contributed by atoms with Crippen LogP contribution in [0.5, 0.6) is 5.75 Å². The van der Waals surface area contributed by atoms with E-state index in [-0.39, 0.29) is 23.5 Å². The van der Waals surface area contributed by atoms with Gasteiger partial charge in [-0.15, -0.1) is 0 Å². The summed E-state index contributed by atoms with van der Waals surface area (Å²) in [6.45, 7) is 3.46. The third-order valence-electron chi connectivity index (χ3n) is 4.24. The number of nitrogens with one attached hydrogen (secondary N) is 2. The summed E-state index contributed by atoms with van der Waals surface area (Å²) < 4.78 is 33.8. The number of methoxy groups -OCH3 is 1. The molecule has 0 aliphatic carbocycles. The van der Waals surface area contributed by atoms with Crippen LogP contribution in [0, 0.1) is 13.8 Å².